The SMILES string of the molecule is Cc1ccc(OCCCN(CCC(=O)O)C(C)C)cc1C. The Morgan fingerprint density at radius 1 is 1.24 bits per heavy atom. The van der Waals surface area contributed by atoms with E-state index in [9.17, 15) is 4.79 Å². The summed E-state index contributed by atoms with van der Waals surface area (Å²) in [4.78, 5) is 12.8. The van der Waals surface area contributed by atoms with Crippen molar-refractivity contribution in [2.75, 3.05) is 19.7 Å². The zero-order valence-electron chi connectivity index (χ0n) is 13.6. The smallest absolute Gasteiger partial charge is 0.304 e. The number of carboxylic acids is 1. The minimum absolute atomic E-state index is 0.191. The van der Waals surface area contributed by atoms with Crippen LogP contribution in [0.15, 0.2) is 18.2 Å². The number of aliphatic carboxylic acids is 1. The third-order valence-electron chi connectivity index (χ3n) is 3.68. The molecule has 0 spiro atoms. The Morgan fingerprint density at radius 2 is 1.95 bits per heavy atom. The fourth-order valence-electron chi connectivity index (χ4n) is 2.13. The molecule has 0 atom stereocenters. The predicted molar refractivity (Wildman–Crippen MR) is 85.0 cm³/mol. The third-order valence-corrected chi connectivity index (χ3v) is 3.68. The average Bonchev–Trinajstić information content (AvgIpc) is 2.41. The first-order valence-electron chi connectivity index (χ1n) is 7.56. The first kappa shape index (κ1) is 17.5. The molecule has 0 aliphatic carbocycles. The highest BCUT2D eigenvalue weighted by Crippen LogP contribution is 2.16. The minimum atomic E-state index is -0.743. The first-order valence-corrected chi connectivity index (χ1v) is 7.56. The zero-order valence-corrected chi connectivity index (χ0v) is 13.6. The van der Waals surface area contributed by atoms with Gasteiger partial charge in [-0.05, 0) is 57.4 Å². The molecule has 1 aromatic carbocycles. The maximum absolute atomic E-state index is 10.6. The van der Waals surface area contributed by atoms with Crippen LogP contribution >= 0.6 is 0 Å². The van der Waals surface area contributed by atoms with Crippen LogP contribution in [0.2, 0.25) is 0 Å². The molecule has 0 heterocycles. The maximum Gasteiger partial charge on any atom is 0.304 e. The molecule has 0 aromatic heterocycles. The lowest BCUT2D eigenvalue weighted by molar-refractivity contribution is -0.137. The van der Waals surface area contributed by atoms with E-state index in [0.29, 0.717) is 19.2 Å². The lowest BCUT2D eigenvalue weighted by atomic mass is 10.1. The molecule has 0 radical (unpaired) electrons. The van der Waals surface area contributed by atoms with Gasteiger partial charge in [0, 0.05) is 19.1 Å². The number of hydrogen-bond donors (Lipinski definition) is 1. The highest BCUT2D eigenvalue weighted by molar-refractivity contribution is 5.66. The second-order valence-corrected chi connectivity index (χ2v) is 5.72. The molecule has 1 N–H and O–H groups in total. The van der Waals surface area contributed by atoms with Gasteiger partial charge in [0.2, 0.25) is 0 Å². The lowest BCUT2D eigenvalue weighted by Gasteiger charge is -2.25. The Bertz CT molecular complexity index is 457. The summed E-state index contributed by atoms with van der Waals surface area (Å²) < 4.78 is 5.75. The van der Waals surface area contributed by atoms with E-state index >= 15 is 0 Å². The van der Waals surface area contributed by atoms with E-state index in [2.05, 4.69) is 44.7 Å². The van der Waals surface area contributed by atoms with Gasteiger partial charge >= 0.3 is 5.97 Å². The molecule has 0 aliphatic heterocycles. The van der Waals surface area contributed by atoms with Crippen LogP contribution in [0, 0.1) is 13.8 Å². The van der Waals surface area contributed by atoms with E-state index in [0.717, 1.165) is 18.7 Å². The van der Waals surface area contributed by atoms with Gasteiger partial charge < -0.3 is 14.7 Å². The molecule has 118 valence electrons. The molecular formula is C17H27NO3. The van der Waals surface area contributed by atoms with Crippen molar-refractivity contribution in [3.8, 4) is 5.75 Å². The van der Waals surface area contributed by atoms with Gasteiger partial charge in [-0.15, -0.1) is 0 Å². The highest BCUT2D eigenvalue weighted by atomic mass is 16.5. The summed E-state index contributed by atoms with van der Waals surface area (Å²) in [5.74, 6) is 0.159. The Labute approximate surface area is 127 Å². The highest BCUT2D eigenvalue weighted by Gasteiger charge is 2.10. The molecule has 0 saturated heterocycles. The van der Waals surface area contributed by atoms with Crippen molar-refractivity contribution in [3.05, 3.63) is 29.3 Å². The molecule has 0 fully saturated rings. The van der Waals surface area contributed by atoms with Gasteiger partial charge in [-0.1, -0.05) is 6.07 Å². The topological polar surface area (TPSA) is 49.8 Å². The fraction of sp³-hybridized carbons (Fsp3) is 0.588. The Hall–Kier alpha value is -1.55. The molecule has 0 bridgehead atoms. The second-order valence-electron chi connectivity index (χ2n) is 5.72. The van der Waals surface area contributed by atoms with Crippen LogP contribution in [0.5, 0.6) is 5.75 Å². The minimum Gasteiger partial charge on any atom is -0.494 e. The number of carbonyl (C=O) groups is 1. The summed E-state index contributed by atoms with van der Waals surface area (Å²) in [5.41, 5.74) is 2.50. The largest absolute Gasteiger partial charge is 0.494 e. The molecular weight excluding hydrogens is 266 g/mol. The Morgan fingerprint density at radius 3 is 2.52 bits per heavy atom. The molecule has 4 nitrogen and oxygen atoms in total. The number of ether oxygens (including phenoxy) is 1. The Kier molecular flexibility index (Phi) is 7.23. The Balaban J connectivity index is 2.33. The van der Waals surface area contributed by atoms with E-state index in [1.807, 2.05) is 6.07 Å². The number of aryl methyl sites for hydroxylation is 2. The summed E-state index contributed by atoms with van der Waals surface area (Å²) in [6.45, 7) is 10.4. The number of carboxylic acid groups (broad SMARTS) is 1. The molecule has 4 heteroatoms. The molecule has 0 saturated carbocycles. The van der Waals surface area contributed by atoms with Crippen LogP contribution in [-0.2, 0) is 4.79 Å². The lowest BCUT2D eigenvalue weighted by Crippen LogP contribution is -2.34. The van der Waals surface area contributed by atoms with Crippen molar-refractivity contribution in [1.82, 2.24) is 4.90 Å². The summed E-state index contributed by atoms with van der Waals surface area (Å²) in [5, 5.41) is 8.76. The second kappa shape index (κ2) is 8.67. The van der Waals surface area contributed by atoms with Gasteiger partial charge in [0.15, 0.2) is 0 Å². The van der Waals surface area contributed by atoms with Crippen LogP contribution in [0.3, 0.4) is 0 Å². The summed E-state index contributed by atoms with van der Waals surface area (Å²) in [6.07, 6.45) is 1.08. The number of hydrogen-bond acceptors (Lipinski definition) is 3. The zero-order chi connectivity index (χ0) is 15.8. The van der Waals surface area contributed by atoms with Gasteiger partial charge in [0.1, 0.15) is 5.75 Å². The number of nitrogens with zero attached hydrogens (tertiary/aromatic N) is 1. The van der Waals surface area contributed by atoms with Crippen LogP contribution in [-0.4, -0.2) is 41.7 Å². The van der Waals surface area contributed by atoms with Crippen LogP contribution < -0.4 is 4.74 Å². The predicted octanol–water partition coefficient (Wildman–Crippen LogP) is 3.26. The molecule has 0 aliphatic rings. The van der Waals surface area contributed by atoms with E-state index < -0.39 is 5.97 Å². The van der Waals surface area contributed by atoms with Crippen LogP contribution in [0.1, 0.15) is 37.8 Å². The maximum atomic E-state index is 10.6. The monoisotopic (exact) mass is 293 g/mol. The van der Waals surface area contributed by atoms with Crippen molar-refractivity contribution < 1.29 is 14.6 Å². The number of benzene rings is 1. The van der Waals surface area contributed by atoms with Gasteiger partial charge in [0.25, 0.3) is 0 Å². The third kappa shape index (κ3) is 6.63. The fourth-order valence-corrected chi connectivity index (χ4v) is 2.13. The van der Waals surface area contributed by atoms with E-state index in [4.69, 9.17) is 9.84 Å². The average molecular weight is 293 g/mol. The van der Waals surface area contributed by atoms with Crippen molar-refractivity contribution in [3.63, 3.8) is 0 Å². The normalized spacial score (nSPS) is 11.1. The van der Waals surface area contributed by atoms with Crippen molar-refractivity contribution in [1.29, 1.82) is 0 Å². The van der Waals surface area contributed by atoms with Crippen molar-refractivity contribution in [2.45, 2.75) is 46.6 Å². The van der Waals surface area contributed by atoms with Gasteiger partial charge in [-0.25, -0.2) is 0 Å². The molecule has 0 amide bonds. The van der Waals surface area contributed by atoms with Gasteiger partial charge in [0.05, 0.1) is 13.0 Å². The van der Waals surface area contributed by atoms with Crippen molar-refractivity contribution >= 4 is 5.97 Å². The summed E-state index contributed by atoms with van der Waals surface area (Å²) in [6, 6.07) is 6.47. The quantitative estimate of drug-likeness (QED) is 0.710. The van der Waals surface area contributed by atoms with Gasteiger partial charge in [-0.2, -0.15) is 0 Å². The van der Waals surface area contributed by atoms with E-state index in [1.165, 1.54) is 11.1 Å². The van der Waals surface area contributed by atoms with Crippen molar-refractivity contribution in [2.24, 2.45) is 0 Å². The summed E-state index contributed by atoms with van der Waals surface area (Å²) >= 11 is 0. The standard InChI is InChI=1S/C17H27NO3/c1-13(2)18(10-8-17(19)20)9-5-11-21-16-7-6-14(3)15(4)12-16/h6-7,12-13H,5,8-11H2,1-4H3,(H,19,20). The molecule has 21 heavy (non-hydrogen) atoms. The molecule has 1 aromatic rings. The summed E-state index contributed by atoms with van der Waals surface area (Å²) in [7, 11) is 0. The molecule has 1 rings (SSSR count). The van der Waals surface area contributed by atoms with Gasteiger partial charge in [-0.3, -0.25) is 4.79 Å². The van der Waals surface area contributed by atoms with Crippen LogP contribution in [0.4, 0.5) is 0 Å². The van der Waals surface area contributed by atoms with E-state index in [-0.39, 0.29) is 6.42 Å². The van der Waals surface area contributed by atoms with E-state index in [1.54, 1.807) is 0 Å². The molecule has 0 unspecified atom stereocenters. The first-order chi connectivity index (χ1) is 9.90. The number of rotatable bonds is 9. The van der Waals surface area contributed by atoms with Crippen LogP contribution in [0.25, 0.3) is 0 Å².